The van der Waals surface area contributed by atoms with Crippen LogP contribution in [0, 0.1) is 5.82 Å². The van der Waals surface area contributed by atoms with Crippen molar-refractivity contribution in [1.29, 1.82) is 0 Å². The van der Waals surface area contributed by atoms with E-state index < -0.39 is 0 Å². The van der Waals surface area contributed by atoms with E-state index in [1.54, 1.807) is 17.4 Å². The Labute approximate surface area is 125 Å². The largest absolute Gasteiger partial charge is 0.361 e. The minimum absolute atomic E-state index is 0.0528. The van der Waals surface area contributed by atoms with Crippen LogP contribution in [0.3, 0.4) is 0 Å². The third-order valence-corrected chi connectivity index (χ3v) is 5.43. The first-order valence-corrected chi connectivity index (χ1v) is 8.08. The van der Waals surface area contributed by atoms with Crippen LogP contribution in [-0.2, 0) is 5.41 Å². The van der Waals surface area contributed by atoms with Crippen LogP contribution in [0.4, 0.5) is 9.52 Å². The van der Waals surface area contributed by atoms with E-state index in [-0.39, 0.29) is 11.2 Å². The molecule has 1 aromatic carbocycles. The molecule has 0 atom stereocenters. The molecule has 2 aromatic heterocycles. The van der Waals surface area contributed by atoms with Gasteiger partial charge in [-0.05, 0) is 29.6 Å². The Morgan fingerprint density at radius 2 is 2.15 bits per heavy atom. The first-order valence-electron chi connectivity index (χ1n) is 6.38. The van der Waals surface area contributed by atoms with Crippen LogP contribution in [0.1, 0.15) is 18.7 Å². The number of nitrogens with one attached hydrogen (secondary N) is 1. The van der Waals surface area contributed by atoms with Gasteiger partial charge in [-0.2, -0.15) is 0 Å². The summed E-state index contributed by atoms with van der Waals surface area (Å²) in [5.74, 6) is -0.216. The van der Waals surface area contributed by atoms with Gasteiger partial charge in [-0.3, -0.25) is 0 Å². The third-order valence-electron chi connectivity index (χ3n) is 3.22. The Kier molecular flexibility index (Phi) is 3.48. The van der Waals surface area contributed by atoms with Crippen LogP contribution in [0.25, 0.3) is 10.2 Å². The predicted octanol–water partition coefficient (Wildman–Crippen LogP) is 4.89. The van der Waals surface area contributed by atoms with Gasteiger partial charge in [-0.1, -0.05) is 31.3 Å². The van der Waals surface area contributed by atoms with Crippen LogP contribution >= 0.6 is 22.7 Å². The highest BCUT2D eigenvalue weighted by Crippen LogP contribution is 2.30. The van der Waals surface area contributed by atoms with Crippen molar-refractivity contribution in [3.8, 4) is 0 Å². The molecule has 0 aliphatic heterocycles. The first kappa shape index (κ1) is 13.5. The Hall–Kier alpha value is -1.46. The summed E-state index contributed by atoms with van der Waals surface area (Å²) in [4.78, 5) is 5.83. The lowest BCUT2D eigenvalue weighted by atomic mass is 9.91. The average Bonchev–Trinajstić information content (AvgIpc) is 3.05. The smallest absolute Gasteiger partial charge is 0.183 e. The summed E-state index contributed by atoms with van der Waals surface area (Å²) in [5.41, 5.74) is 0.893. The molecule has 0 aliphatic rings. The lowest BCUT2D eigenvalue weighted by molar-refractivity contribution is 0.569. The van der Waals surface area contributed by atoms with Crippen LogP contribution in [0.2, 0.25) is 0 Å². The van der Waals surface area contributed by atoms with Gasteiger partial charge in [0, 0.05) is 16.8 Å². The number of nitrogens with zero attached hydrogens (tertiary/aromatic N) is 1. The minimum Gasteiger partial charge on any atom is -0.361 e. The van der Waals surface area contributed by atoms with E-state index in [1.807, 2.05) is 0 Å². The lowest BCUT2D eigenvalue weighted by Crippen LogP contribution is -2.26. The number of fused-ring (bicyclic) bond motifs is 1. The van der Waals surface area contributed by atoms with E-state index in [2.05, 4.69) is 41.7 Å². The van der Waals surface area contributed by atoms with Crippen molar-refractivity contribution in [2.24, 2.45) is 0 Å². The molecule has 3 rings (SSSR count). The van der Waals surface area contributed by atoms with Crippen LogP contribution in [0.5, 0.6) is 0 Å². The molecule has 3 aromatic rings. The second-order valence-corrected chi connectivity index (χ2v) is 7.32. The van der Waals surface area contributed by atoms with Crippen LogP contribution in [0.15, 0.2) is 35.7 Å². The van der Waals surface area contributed by atoms with Gasteiger partial charge in [0.1, 0.15) is 5.82 Å². The predicted molar refractivity (Wildman–Crippen MR) is 85.4 cm³/mol. The summed E-state index contributed by atoms with van der Waals surface area (Å²) in [7, 11) is 0. The fourth-order valence-corrected chi connectivity index (χ4v) is 3.76. The fourth-order valence-electron chi connectivity index (χ4n) is 2.02. The monoisotopic (exact) mass is 306 g/mol. The number of thiazole rings is 1. The molecular formula is C15H15FN2S2. The number of hydrogen-bond acceptors (Lipinski definition) is 4. The van der Waals surface area contributed by atoms with Gasteiger partial charge < -0.3 is 5.32 Å². The summed E-state index contributed by atoms with van der Waals surface area (Å²) in [6.07, 6.45) is 0. The van der Waals surface area contributed by atoms with E-state index in [4.69, 9.17) is 0 Å². The molecule has 0 radical (unpaired) electrons. The Bertz CT molecular complexity index is 717. The molecule has 0 saturated heterocycles. The van der Waals surface area contributed by atoms with Crippen LogP contribution < -0.4 is 5.32 Å². The minimum atomic E-state index is -0.216. The number of benzene rings is 1. The van der Waals surface area contributed by atoms with Crippen molar-refractivity contribution < 1.29 is 4.39 Å². The molecule has 2 heterocycles. The second-order valence-electron chi connectivity index (χ2n) is 5.35. The Morgan fingerprint density at radius 3 is 2.90 bits per heavy atom. The summed E-state index contributed by atoms with van der Waals surface area (Å²) in [6, 6.07) is 8.92. The van der Waals surface area contributed by atoms with Gasteiger partial charge in [0.15, 0.2) is 5.13 Å². The van der Waals surface area contributed by atoms with Crippen molar-refractivity contribution in [1.82, 2.24) is 4.98 Å². The van der Waals surface area contributed by atoms with Gasteiger partial charge in [-0.15, -0.1) is 11.3 Å². The van der Waals surface area contributed by atoms with E-state index in [0.29, 0.717) is 0 Å². The highest BCUT2D eigenvalue weighted by Gasteiger charge is 2.21. The van der Waals surface area contributed by atoms with Gasteiger partial charge in [0.05, 0.1) is 10.2 Å². The van der Waals surface area contributed by atoms with Crippen LogP contribution in [-0.4, -0.2) is 11.5 Å². The van der Waals surface area contributed by atoms with E-state index in [9.17, 15) is 4.39 Å². The summed E-state index contributed by atoms with van der Waals surface area (Å²) < 4.78 is 14.0. The molecule has 104 valence electrons. The molecule has 0 saturated carbocycles. The number of aromatic nitrogens is 1. The SMILES string of the molecule is CC(C)(CNc1nc2ccc(F)cc2s1)c1cccs1. The molecule has 0 bridgehead atoms. The Morgan fingerprint density at radius 1 is 1.30 bits per heavy atom. The topological polar surface area (TPSA) is 24.9 Å². The van der Waals surface area contributed by atoms with Crippen molar-refractivity contribution in [2.45, 2.75) is 19.3 Å². The highest BCUT2D eigenvalue weighted by atomic mass is 32.1. The van der Waals surface area contributed by atoms with Crippen molar-refractivity contribution in [2.75, 3.05) is 11.9 Å². The Balaban J connectivity index is 1.77. The number of anilines is 1. The zero-order valence-corrected chi connectivity index (χ0v) is 12.9. The number of rotatable bonds is 4. The highest BCUT2D eigenvalue weighted by molar-refractivity contribution is 7.22. The van der Waals surface area contributed by atoms with E-state index in [1.165, 1.54) is 28.3 Å². The molecule has 0 spiro atoms. The van der Waals surface area contributed by atoms with E-state index in [0.717, 1.165) is 21.9 Å². The second kappa shape index (κ2) is 5.14. The maximum atomic E-state index is 13.2. The van der Waals surface area contributed by atoms with Crippen molar-refractivity contribution in [3.05, 3.63) is 46.4 Å². The van der Waals surface area contributed by atoms with Gasteiger partial charge in [0.2, 0.25) is 0 Å². The average molecular weight is 306 g/mol. The zero-order chi connectivity index (χ0) is 14.2. The van der Waals surface area contributed by atoms with Gasteiger partial charge >= 0.3 is 0 Å². The quantitative estimate of drug-likeness (QED) is 0.742. The van der Waals surface area contributed by atoms with Crippen molar-refractivity contribution in [3.63, 3.8) is 0 Å². The molecule has 0 amide bonds. The normalized spacial score (nSPS) is 11.9. The maximum Gasteiger partial charge on any atom is 0.183 e. The molecule has 0 unspecified atom stereocenters. The number of halogens is 1. The van der Waals surface area contributed by atoms with Gasteiger partial charge in [0.25, 0.3) is 0 Å². The third kappa shape index (κ3) is 2.69. The van der Waals surface area contributed by atoms with Crippen molar-refractivity contribution >= 4 is 38.0 Å². The molecule has 1 N–H and O–H groups in total. The summed E-state index contributed by atoms with van der Waals surface area (Å²) in [5, 5.41) is 6.31. The number of hydrogen-bond donors (Lipinski definition) is 1. The molecule has 0 aliphatic carbocycles. The zero-order valence-electron chi connectivity index (χ0n) is 11.3. The molecule has 5 heteroatoms. The van der Waals surface area contributed by atoms with E-state index >= 15 is 0 Å². The molecule has 2 nitrogen and oxygen atoms in total. The maximum absolute atomic E-state index is 13.2. The fraction of sp³-hybridized carbons (Fsp3) is 0.267. The molecule has 0 fully saturated rings. The number of thiophene rings is 1. The lowest BCUT2D eigenvalue weighted by Gasteiger charge is -2.23. The van der Waals surface area contributed by atoms with Gasteiger partial charge in [-0.25, -0.2) is 9.37 Å². The summed E-state index contributed by atoms with van der Waals surface area (Å²) in [6.45, 7) is 5.22. The molecular weight excluding hydrogens is 291 g/mol. The summed E-state index contributed by atoms with van der Waals surface area (Å²) >= 11 is 3.26. The molecule has 20 heavy (non-hydrogen) atoms. The standard InChI is InChI=1S/C15H15FN2S2/c1-15(2,13-4-3-7-19-13)9-17-14-18-11-6-5-10(16)8-12(11)20-14/h3-8H,9H2,1-2H3,(H,17,18). The first-order chi connectivity index (χ1) is 9.54.